The fraction of sp³-hybridized carbons (Fsp3) is 0.778. The molecule has 5 heteroatoms. The zero-order valence-corrected chi connectivity index (χ0v) is 9.14. The van der Waals surface area contributed by atoms with Gasteiger partial charge in [0.1, 0.15) is 5.82 Å². The van der Waals surface area contributed by atoms with Gasteiger partial charge in [-0.3, -0.25) is 0 Å². The van der Waals surface area contributed by atoms with E-state index in [0.717, 1.165) is 43.6 Å². The van der Waals surface area contributed by atoms with Crippen LogP contribution in [0.4, 0.5) is 5.13 Å². The second kappa shape index (κ2) is 4.70. The van der Waals surface area contributed by atoms with Crippen molar-refractivity contribution < 1.29 is 4.74 Å². The summed E-state index contributed by atoms with van der Waals surface area (Å²) in [6.45, 7) is 4.73. The highest BCUT2D eigenvalue weighted by molar-refractivity contribution is 7.09. The van der Waals surface area contributed by atoms with Crippen molar-refractivity contribution in [1.29, 1.82) is 0 Å². The molecule has 2 heterocycles. The van der Waals surface area contributed by atoms with Gasteiger partial charge >= 0.3 is 0 Å². The standard InChI is InChI=1S/C9H15N3OS/c1-2-10-9-11-8(12-14-9)5-7-3-4-13-6-7/h7H,2-6H2,1H3,(H,10,11,12). The van der Waals surface area contributed by atoms with E-state index in [4.69, 9.17) is 4.74 Å². The number of hydrogen-bond acceptors (Lipinski definition) is 5. The van der Waals surface area contributed by atoms with Crippen LogP contribution in [0.3, 0.4) is 0 Å². The highest BCUT2D eigenvalue weighted by Gasteiger charge is 2.18. The fourth-order valence-corrected chi connectivity index (χ4v) is 2.22. The number of ether oxygens (including phenoxy) is 1. The van der Waals surface area contributed by atoms with Gasteiger partial charge in [0.2, 0.25) is 5.13 Å². The first kappa shape index (κ1) is 9.86. The zero-order chi connectivity index (χ0) is 9.80. The third kappa shape index (κ3) is 2.42. The maximum Gasteiger partial charge on any atom is 0.202 e. The molecule has 1 N–H and O–H groups in total. The molecule has 2 rings (SSSR count). The summed E-state index contributed by atoms with van der Waals surface area (Å²) in [7, 11) is 0. The van der Waals surface area contributed by atoms with Crippen molar-refractivity contribution in [3.05, 3.63) is 5.82 Å². The third-order valence-corrected chi connectivity index (χ3v) is 3.00. The van der Waals surface area contributed by atoms with E-state index >= 15 is 0 Å². The van der Waals surface area contributed by atoms with Crippen LogP contribution in [0.25, 0.3) is 0 Å². The van der Waals surface area contributed by atoms with Gasteiger partial charge in [-0.1, -0.05) is 0 Å². The summed E-state index contributed by atoms with van der Waals surface area (Å²) in [6.07, 6.45) is 2.11. The predicted octanol–water partition coefficient (Wildman–Crippen LogP) is 1.55. The maximum absolute atomic E-state index is 5.32. The second-order valence-electron chi connectivity index (χ2n) is 3.48. The highest BCUT2D eigenvalue weighted by atomic mass is 32.1. The Morgan fingerprint density at radius 3 is 3.29 bits per heavy atom. The van der Waals surface area contributed by atoms with Crippen molar-refractivity contribution in [2.24, 2.45) is 5.92 Å². The lowest BCUT2D eigenvalue weighted by molar-refractivity contribution is 0.185. The molecule has 0 aromatic carbocycles. The molecule has 1 atom stereocenters. The number of nitrogens with one attached hydrogen (secondary N) is 1. The number of aromatic nitrogens is 2. The van der Waals surface area contributed by atoms with Crippen LogP contribution < -0.4 is 5.32 Å². The van der Waals surface area contributed by atoms with Crippen molar-refractivity contribution in [3.63, 3.8) is 0 Å². The molecule has 0 saturated carbocycles. The Kier molecular flexibility index (Phi) is 3.31. The minimum atomic E-state index is 0.624. The topological polar surface area (TPSA) is 47.0 Å². The molecule has 1 aliphatic heterocycles. The molecule has 0 radical (unpaired) electrons. The zero-order valence-electron chi connectivity index (χ0n) is 8.32. The van der Waals surface area contributed by atoms with E-state index < -0.39 is 0 Å². The molecule has 0 amide bonds. The Balaban J connectivity index is 1.88. The van der Waals surface area contributed by atoms with Crippen LogP contribution >= 0.6 is 11.5 Å². The molecule has 0 spiro atoms. The molecule has 1 fully saturated rings. The Morgan fingerprint density at radius 1 is 1.64 bits per heavy atom. The van der Waals surface area contributed by atoms with Crippen LogP contribution in [0.1, 0.15) is 19.2 Å². The number of rotatable bonds is 4. The van der Waals surface area contributed by atoms with E-state index in [1.807, 2.05) is 0 Å². The average molecular weight is 213 g/mol. The van der Waals surface area contributed by atoms with E-state index in [-0.39, 0.29) is 0 Å². The van der Waals surface area contributed by atoms with Crippen molar-refractivity contribution in [1.82, 2.24) is 9.36 Å². The normalized spacial score (nSPS) is 21.4. The summed E-state index contributed by atoms with van der Waals surface area (Å²) in [4.78, 5) is 4.40. The first-order chi connectivity index (χ1) is 6.88. The first-order valence-electron chi connectivity index (χ1n) is 5.02. The van der Waals surface area contributed by atoms with Gasteiger partial charge < -0.3 is 10.1 Å². The van der Waals surface area contributed by atoms with Gasteiger partial charge in [0, 0.05) is 37.7 Å². The fourth-order valence-electron chi connectivity index (χ4n) is 1.56. The molecule has 4 nitrogen and oxygen atoms in total. The molecule has 1 aliphatic rings. The summed E-state index contributed by atoms with van der Waals surface area (Å²) in [5.41, 5.74) is 0. The van der Waals surface area contributed by atoms with Crippen LogP contribution in [-0.2, 0) is 11.2 Å². The Morgan fingerprint density at radius 2 is 2.57 bits per heavy atom. The van der Waals surface area contributed by atoms with Crippen molar-refractivity contribution in [2.75, 3.05) is 25.1 Å². The molecule has 1 unspecified atom stereocenters. The largest absolute Gasteiger partial charge is 0.381 e. The van der Waals surface area contributed by atoms with Gasteiger partial charge in [-0.05, 0) is 19.3 Å². The average Bonchev–Trinajstić information content (AvgIpc) is 2.79. The van der Waals surface area contributed by atoms with E-state index in [1.54, 1.807) is 0 Å². The Hall–Kier alpha value is -0.680. The van der Waals surface area contributed by atoms with Crippen LogP contribution in [0.2, 0.25) is 0 Å². The summed E-state index contributed by atoms with van der Waals surface area (Å²) in [6, 6.07) is 0. The van der Waals surface area contributed by atoms with Crippen molar-refractivity contribution in [2.45, 2.75) is 19.8 Å². The molecule has 14 heavy (non-hydrogen) atoms. The first-order valence-corrected chi connectivity index (χ1v) is 5.80. The summed E-state index contributed by atoms with van der Waals surface area (Å²) >= 11 is 1.44. The van der Waals surface area contributed by atoms with Gasteiger partial charge in [0.15, 0.2) is 0 Å². The molecule has 1 aromatic rings. The molecular formula is C9H15N3OS. The monoisotopic (exact) mass is 213 g/mol. The van der Waals surface area contributed by atoms with Crippen molar-refractivity contribution in [3.8, 4) is 0 Å². The van der Waals surface area contributed by atoms with Gasteiger partial charge in [-0.25, -0.2) is 4.98 Å². The van der Waals surface area contributed by atoms with E-state index in [1.165, 1.54) is 11.5 Å². The Labute approximate surface area is 87.9 Å². The van der Waals surface area contributed by atoms with Crippen LogP contribution in [0.5, 0.6) is 0 Å². The molecule has 0 aliphatic carbocycles. The molecule has 1 saturated heterocycles. The Bertz CT molecular complexity index is 283. The highest BCUT2D eigenvalue weighted by Crippen LogP contribution is 2.19. The number of nitrogens with zero attached hydrogens (tertiary/aromatic N) is 2. The predicted molar refractivity (Wildman–Crippen MR) is 56.7 cm³/mol. The van der Waals surface area contributed by atoms with E-state index in [9.17, 15) is 0 Å². The molecule has 78 valence electrons. The maximum atomic E-state index is 5.32. The summed E-state index contributed by atoms with van der Waals surface area (Å²) in [5.74, 6) is 1.58. The second-order valence-corrected chi connectivity index (χ2v) is 4.23. The number of hydrogen-bond donors (Lipinski definition) is 1. The van der Waals surface area contributed by atoms with Gasteiger partial charge in [0.25, 0.3) is 0 Å². The summed E-state index contributed by atoms with van der Waals surface area (Å²) < 4.78 is 9.63. The van der Waals surface area contributed by atoms with Gasteiger partial charge in [-0.2, -0.15) is 4.37 Å². The molecular weight excluding hydrogens is 198 g/mol. The SMILES string of the molecule is CCNc1nc(CC2CCOC2)ns1. The lowest BCUT2D eigenvalue weighted by atomic mass is 10.1. The van der Waals surface area contributed by atoms with E-state index in [2.05, 4.69) is 21.6 Å². The lowest BCUT2D eigenvalue weighted by Crippen LogP contribution is -2.05. The quantitative estimate of drug-likeness (QED) is 0.824. The smallest absolute Gasteiger partial charge is 0.202 e. The lowest BCUT2D eigenvalue weighted by Gasteiger charge is -2.01. The minimum absolute atomic E-state index is 0.624. The van der Waals surface area contributed by atoms with E-state index in [0.29, 0.717) is 5.92 Å². The third-order valence-electron chi connectivity index (χ3n) is 2.29. The van der Waals surface area contributed by atoms with Crippen LogP contribution in [-0.4, -0.2) is 29.1 Å². The van der Waals surface area contributed by atoms with Crippen molar-refractivity contribution >= 4 is 16.7 Å². The minimum Gasteiger partial charge on any atom is -0.381 e. The summed E-state index contributed by atoms with van der Waals surface area (Å²) in [5, 5.41) is 4.10. The van der Waals surface area contributed by atoms with Gasteiger partial charge in [-0.15, -0.1) is 0 Å². The molecule has 0 bridgehead atoms. The number of anilines is 1. The van der Waals surface area contributed by atoms with Crippen LogP contribution in [0.15, 0.2) is 0 Å². The van der Waals surface area contributed by atoms with Crippen LogP contribution in [0, 0.1) is 5.92 Å². The molecule has 1 aromatic heterocycles. The van der Waals surface area contributed by atoms with Gasteiger partial charge in [0.05, 0.1) is 0 Å².